The Labute approximate surface area is 307 Å². The lowest BCUT2D eigenvalue weighted by Gasteiger charge is -2.36. The number of hydrogen-bond donors (Lipinski definition) is 2. The number of carbonyl (C=O) groups is 1. The van der Waals surface area contributed by atoms with Gasteiger partial charge >= 0.3 is 5.97 Å². The van der Waals surface area contributed by atoms with Crippen molar-refractivity contribution in [2.75, 3.05) is 5.73 Å². The highest BCUT2D eigenvalue weighted by Crippen LogP contribution is 2.43. The molecule has 7 aromatic rings. The second kappa shape index (κ2) is 15.3. The monoisotopic (exact) mass is 701 g/mol. The highest BCUT2D eigenvalue weighted by Gasteiger charge is 2.42. The minimum atomic E-state index is -1.16. The van der Waals surface area contributed by atoms with Gasteiger partial charge < -0.3 is 10.8 Å². The quantitative estimate of drug-likeness (QED) is 0.122. The molecular formula is C43H39N7O3. The van der Waals surface area contributed by atoms with Crippen molar-refractivity contribution in [2.45, 2.75) is 44.7 Å². The molecule has 2 aromatic heterocycles. The van der Waals surface area contributed by atoms with E-state index in [9.17, 15) is 14.7 Å². The molecule has 264 valence electrons. The van der Waals surface area contributed by atoms with Crippen LogP contribution >= 0.6 is 0 Å². The normalized spacial score (nSPS) is 11.4. The van der Waals surface area contributed by atoms with Gasteiger partial charge in [0.05, 0.1) is 5.69 Å². The molecule has 0 saturated heterocycles. The zero-order valence-corrected chi connectivity index (χ0v) is 29.3. The van der Waals surface area contributed by atoms with Crippen LogP contribution in [0.15, 0.2) is 144 Å². The van der Waals surface area contributed by atoms with Gasteiger partial charge in [-0.2, -0.15) is 0 Å². The fourth-order valence-corrected chi connectivity index (χ4v) is 7.10. The first-order valence-corrected chi connectivity index (χ1v) is 17.7. The molecule has 0 radical (unpaired) electrons. The summed E-state index contributed by atoms with van der Waals surface area (Å²) in [5, 5.41) is 23.1. The van der Waals surface area contributed by atoms with E-state index in [0.717, 1.165) is 56.4 Å². The lowest BCUT2D eigenvalue weighted by molar-refractivity contribution is -0.137. The van der Waals surface area contributed by atoms with Crippen LogP contribution in [-0.2, 0) is 29.7 Å². The molecule has 0 aliphatic rings. The van der Waals surface area contributed by atoms with Crippen LogP contribution < -0.4 is 11.3 Å². The van der Waals surface area contributed by atoms with E-state index in [1.165, 1.54) is 0 Å². The number of carboxylic acids is 1. The highest BCUT2D eigenvalue weighted by molar-refractivity contribution is 5.81. The molecule has 3 N–H and O–H groups in total. The van der Waals surface area contributed by atoms with Gasteiger partial charge in [0.1, 0.15) is 12.1 Å². The summed E-state index contributed by atoms with van der Waals surface area (Å²) in [6.07, 6.45) is 2.62. The van der Waals surface area contributed by atoms with Crippen LogP contribution in [0.4, 0.5) is 5.95 Å². The molecule has 0 saturated carbocycles. The molecule has 0 amide bonds. The van der Waals surface area contributed by atoms with Gasteiger partial charge in [0, 0.05) is 17.5 Å². The van der Waals surface area contributed by atoms with Gasteiger partial charge in [-0.1, -0.05) is 153 Å². The van der Waals surface area contributed by atoms with Crippen molar-refractivity contribution in [2.24, 2.45) is 0 Å². The third kappa shape index (κ3) is 6.74. The zero-order valence-electron chi connectivity index (χ0n) is 29.3. The maximum Gasteiger partial charge on any atom is 0.323 e. The summed E-state index contributed by atoms with van der Waals surface area (Å²) < 4.78 is 2.95. The number of hydrogen-bond acceptors (Lipinski definition) is 7. The van der Waals surface area contributed by atoms with E-state index in [4.69, 9.17) is 10.9 Å². The van der Waals surface area contributed by atoms with Crippen LogP contribution in [-0.4, -0.2) is 40.8 Å². The van der Waals surface area contributed by atoms with Crippen LogP contribution in [0.3, 0.4) is 0 Å². The largest absolute Gasteiger partial charge is 0.480 e. The number of benzene rings is 5. The van der Waals surface area contributed by atoms with E-state index in [1.54, 1.807) is 0 Å². The SMILES string of the molecule is CCCCc1nc(N)n(CC(=O)O)c(=O)c1Cc1ccc(-c2ccccc2-c2nnnn2C(c2ccccc2)(c2ccccc2)c2ccccc2)cc1. The third-order valence-electron chi connectivity index (χ3n) is 9.61. The number of nitrogen functional groups attached to an aromatic ring is 1. The van der Waals surface area contributed by atoms with Crippen molar-refractivity contribution in [3.05, 3.63) is 183 Å². The Bertz CT molecular complexity index is 2290. The zero-order chi connectivity index (χ0) is 36.8. The van der Waals surface area contributed by atoms with Gasteiger partial charge in [-0.05, 0) is 56.6 Å². The third-order valence-corrected chi connectivity index (χ3v) is 9.61. The maximum atomic E-state index is 13.6. The number of carboxylic acid groups (broad SMARTS) is 1. The molecule has 0 spiro atoms. The van der Waals surface area contributed by atoms with Gasteiger partial charge in [0.2, 0.25) is 5.95 Å². The maximum absolute atomic E-state index is 13.6. The molecule has 2 heterocycles. The highest BCUT2D eigenvalue weighted by atomic mass is 16.4. The first-order valence-electron chi connectivity index (χ1n) is 17.7. The van der Waals surface area contributed by atoms with E-state index in [1.807, 2.05) is 102 Å². The van der Waals surface area contributed by atoms with Crippen LogP contribution in [0.5, 0.6) is 0 Å². The number of aryl methyl sites for hydroxylation is 1. The molecule has 0 aliphatic heterocycles. The summed E-state index contributed by atoms with van der Waals surface area (Å²) in [6, 6.07) is 46.9. The molecule has 0 unspecified atom stereocenters. The Morgan fingerprint density at radius 1 is 0.755 bits per heavy atom. The van der Waals surface area contributed by atoms with Crippen molar-refractivity contribution in [1.82, 2.24) is 29.8 Å². The summed E-state index contributed by atoms with van der Waals surface area (Å²) in [7, 11) is 0. The van der Waals surface area contributed by atoms with E-state index in [2.05, 4.69) is 64.7 Å². The van der Waals surface area contributed by atoms with Crippen LogP contribution in [0.1, 0.15) is 53.3 Å². The number of nitrogens with zero attached hydrogens (tertiary/aromatic N) is 6. The number of anilines is 1. The molecule has 10 nitrogen and oxygen atoms in total. The molecule has 7 rings (SSSR count). The summed E-state index contributed by atoms with van der Waals surface area (Å²) in [6.45, 7) is 1.52. The average Bonchev–Trinajstić information content (AvgIpc) is 3.69. The molecule has 0 bridgehead atoms. The molecule has 0 aliphatic carbocycles. The second-order valence-corrected chi connectivity index (χ2v) is 12.9. The van der Waals surface area contributed by atoms with Gasteiger partial charge in [0.15, 0.2) is 5.82 Å². The molecule has 0 atom stereocenters. The topological polar surface area (TPSA) is 142 Å². The number of tetrazole rings is 1. The summed E-state index contributed by atoms with van der Waals surface area (Å²) in [5.41, 5.74) is 12.4. The molecule has 0 fully saturated rings. The molecule has 53 heavy (non-hydrogen) atoms. The van der Waals surface area contributed by atoms with Crippen molar-refractivity contribution >= 4 is 11.9 Å². The minimum Gasteiger partial charge on any atom is -0.480 e. The predicted octanol–water partition coefficient (Wildman–Crippen LogP) is 7.00. The van der Waals surface area contributed by atoms with Crippen LogP contribution in [0.2, 0.25) is 0 Å². The van der Waals surface area contributed by atoms with Crippen molar-refractivity contribution in [1.29, 1.82) is 0 Å². The number of nitrogens with two attached hydrogens (primary N) is 1. The molecule has 5 aromatic carbocycles. The van der Waals surface area contributed by atoms with E-state index >= 15 is 0 Å². The lowest BCUT2D eigenvalue weighted by atomic mass is 9.77. The minimum absolute atomic E-state index is 0.0858. The Balaban J connectivity index is 1.33. The fourth-order valence-electron chi connectivity index (χ4n) is 7.10. The number of rotatable bonds is 13. The summed E-state index contributed by atoms with van der Waals surface area (Å²) in [4.78, 5) is 29.6. The van der Waals surface area contributed by atoms with Crippen LogP contribution in [0, 0.1) is 0 Å². The van der Waals surface area contributed by atoms with Gasteiger partial charge in [-0.3, -0.25) is 14.2 Å². The van der Waals surface area contributed by atoms with Crippen molar-refractivity contribution < 1.29 is 9.90 Å². The van der Waals surface area contributed by atoms with Gasteiger partial charge in [0.25, 0.3) is 5.56 Å². The fraction of sp³-hybridized carbons (Fsp3) is 0.163. The lowest BCUT2D eigenvalue weighted by Crippen LogP contribution is -2.39. The van der Waals surface area contributed by atoms with E-state index < -0.39 is 23.6 Å². The number of aromatic nitrogens is 6. The summed E-state index contributed by atoms with van der Waals surface area (Å²) in [5.74, 6) is -0.651. The Morgan fingerprint density at radius 2 is 1.30 bits per heavy atom. The Morgan fingerprint density at radius 3 is 1.85 bits per heavy atom. The van der Waals surface area contributed by atoms with Crippen molar-refractivity contribution in [3.63, 3.8) is 0 Å². The Hall–Kier alpha value is -6.68. The summed E-state index contributed by atoms with van der Waals surface area (Å²) >= 11 is 0. The number of aliphatic carboxylic acids is 1. The molecule has 10 heteroatoms. The first kappa shape index (κ1) is 34.8. The van der Waals surface area contributed by atoms with E-state index in [-0.39, 0.29) is 5.95 Å². The number of unbranched alkanes of at least 4 members (excludes halogenated alkanes) is 1. The predicted molar refractivity (Wildman–Crippen MR) is 205 cm³/mol. The van der Waals surface area contributed by atoms with Gasteiger partial charge in [-0.25, -0.2) is 9.67 Å². The Kier molecular flexibility index (Phi) is 10.0. The standard InChI is InChI=1S/C43H39N7O3/c1-2-3-23-38-37(41(53)49(29-39(51)52)42(44)45-38)28-30-24-26-31(27-25-30)35-21-13-14-22-36(35)40-46-47-48-50(40)43(32-15-7-4-8-16-32,33-17-9-5-10-18-33)34-19-11-6-12-20-34/h4-22,24-27H,2-3,23,28-29H2,1H3,(H2,44,45)(H,51,52). The smallest absolute Gasteiger partial charge is 0.323 e. The van der Waals surface area contributed by atoms with E-state index in [0.29, 0.717) is 29.9 Å². The average molecular weight is 702 g/mol. The van der Waals surface area contributed by atoms with Crippen molar-refractivity contribution in [3.8, 4) is 22.5 Å². The molecular weight excluding hydrogens is 663 g/mol. The van der Waals surface area contributed by atoms with Gasteiger partial charge in [-0.15, -0.1) is 5.10 Å². The first-order chi connectivity index (χ1) is 25.9. The van der Waals surface area contributed by atoms with Crippen LogP contribution in [0.25, 0.3) is 22.5 Å². The second-order valence-electron chi connectivity index (χ2n) is 12.9.